The molecule has 5 nitrogen and oxygen atoms in total. The zero-order valence-corrected chi connectivity index (χ0v) is 13.6. The third-order valence-electron chi connectivity index (χ3n) is 3.08. The second kappa shape index (κ2) is 9.50. The van der Waals surface area contributed by atoms with Crippen LogP contribution in [-0.2, 0) is 13.0 Å². The minimum Gasteiger partial charge on any atom is -0.493 e. The molecule has 0 aliphatic rings. The highest BCUT2D eigenvalue weighted by Crippen LogP contribution is 2.33. The summed E-state index contributed by atoms with van der Waals surface area (Å²) in [5.41, 5.74) is 2.12. The number of allylic oxidation sites excluding steroid dienone is 1. The van der Waals surface area contributed by atoms with Gasteiger partial charge in [0.2, 0.25) is 0 Å². The Labute approximate surface area is 132 Å². The lowest BCUT2D eigenvalue weighted by Crippen LogP contribution is -2.36. The molecule has 22 heavy (non-hydrogen) atoms. The molecular weight excluding hydrogens is 278 g/mol. The molecule has 2 N–H and O–H groups in total. The lowest BCUT2D eigenvalue weighted by atomic mass is 10.1. The minimum atomic E-state index is 0.626. The number of ether oxygens (including phenoxy) is 2. The Morgan fingerprint density at radius 1 is 1.18 bits per heavy atom. The van der Waals surface area contributed by atoms with E-state index in [1.165, 1.54) is 0 Å². The van der Waals surface area contributed by atoms with Crippen molar-refractivity contribution in [2.24, 2.45) is 4.99 Å². The SMILES string of the molecule is C=CCNC(=NC)NCc1cc(CC=C)c(OC)c(OC)c1. The number of hydrogen-bond donors (Lipinski definition) is 2. The van der Waals surface area contributed by atoms with Gasteiger partial charge in [-0.1, -0.05) is 12.2 Å². The highest BCUT2D eigenvalue weighted by Gasteiger charge is 2.11. The topological polar surface area (TPSA) is 54.9 Å². The second-order valence-electron chi connectivity index (χ2n) is 4.58. The van der Waals surface area contributed by atoms with Crippen LogP contribution in [0.1, 0.15) is 11.1 Å². The van der Waals surface area contributed by atoms with Gasteiger partial charge in [-0.3, -0.25) is 4.99 Å². The maximum atomic E-state index is 5.43. The molecule has 0 bridgehead atoms. The molecule has 0 saturated heterocycles. The van der Waals surface area contributed by atoms with Crippen LogP contribution in [0.15, 0.2) is 42.4 Å². The maximum Gasteiger partial charge on any atom is 0.191 e. The van der Waals surface area contributed by atoms with E-state index in [-0.39, 0.29) is 0 Å². The van der Waals surface area contributed by atoms with Gasteiger partial charge >= 0.3 is 0 Å². The zero-order chi connectivity index (χ0) is 16.4. The third-order valence-corrected chi connectivity index (χ3v) is 3.08. The van der Waals surface area contributed by atoms with Gasteiger partial charge in [0.15, 0.2) is 17.5 Å². The molecular formula is C17H25N3O2. The first-order chi connectivity index (χ1) is 10.7. The summed E-state index contributed by atoms with van der Waals surface area (Å²) < 4.78 is 10.9. The predicted molar refractivity (Wildman–Crippen MR) is 91.8 cm³/mol. The van der Waals surface area contributed by atoms with Crippen LogP contribution in [0.5, 0.6) is 11.5 Å². The van der Waals surface area contributed by atoms with Crippen molar-refractivity contribution >= 4 is 5.96 Å². The smallest absolute Gasteiger partial charge is 0.191 e. The Bertz CT molecular complexity index is 539. The number of methoxy groups -OCH3 is 2. The summed E-state index contributed by atoms with van der Waals surface area (Å²) in [5, 5.41) is 6.38. The molecule has 0 aliphatic heterocycles. The summed E-state index contributed by atoms with van der Waals surface area (Å²) in [7, 11) is 5.01. The van der Waals surface area contributed by atoms with E-state index in [9.17, 15) is 0 Å². The van der Waals surface area contributed by atoms with Gasteiger partial charge in [0, 0.05) is 25.7 Å². The molecule has 5 heteroatoms. The standard InChI is InChI=1S/C17H25N3O2/c1-6-8-14-10-13(11-15(21-4)16(14)22-5)12-20-17(18-3)19-9-7-2/h6-7,10-11H,1-2,8-9,12H2,3-5H3,(H2,18,19,20). The summed E-state index contributed by atoms with van der Waals surface area (Å²) in [4.78, 5) is 4.15. The van der Waals surface area contributed by atoms with E-state index in [4.69, 9.17) is 9.47 Å². The monoisotopic (exact) mass is 303 g/mol. The second-order valence-corrected chi connectivity index (χ2v) is 4.58. The molecule has 0 aliphatic carbocycles. The van der Waals surface area contributed by atoms with Crippen LogP contribution < -0.4 is 20.1 Å². The number of rotatable bonds is 8. The van der Waals surface area contributed by atoms with E-state index in [1.807, 2.05) is 12.1 Å². The Balaban J connectivity index is 2.92. The van der Waals surface area contributed by atoms with Crippen LogP contribution in [-0.4, -0.2) is 33.8 Å². The van der Waals surface area contributed by atoms with E-state index in [2.05, 4.69) is 34.9 Å². The molecule has 0 heterocycles. The lowest BCUT2D eigenvalue weighted by molar-refractivity contribution is 0.352. The van der Waals surface area contributed by atoms with Crippen LogP contribution in [0.25, 0.3) is 0 Å². The van der Waals surface area contributed by atoms with E-state index in [1.54, 1.807) is 27.3 Å². The maximum absolute atomic E-state index is 5.43. The van der Waals surface area contributed by atoms with Crippen LogP contribution in [0.3, 0.4) is 0 Å². The Morgan fingerprint density at radius 3 is 2.50 bits per heavy atom. The Hall–Kier alpha value is -2.43. The van der Waals surface area contributed by atoms with Gasteiger partial charge < -0.3 is 20.1 Å². The molecule has 1 rings (SSSR count). The van der Waals surface area contributed by atoms with Crippen LogP contribution in [0.4, 0.5) is 0 Å². The number of nitrogens with zero attached hydrogens (tertiary/aromatic N) is 1. The van der Waals surface area contributed by atoms with Crippen molar-refractivity contribution in [2.75, 3.05) is 27.8 Å². The first kappa shape index (κ1) is 17.6. The number of aliphatic imine (C=N–C) groups is 1. The molecule has 0 aromatic heterocycles. The largest absolute Gasteiger partial charge is 0.493 e. The average Bonchev–Trinajstić information content (AvgIpc) is 2.54. The van der Waals surface area contributed by atoms with Crippen LogP contribution >= 0.6 is 0 Å². The van der Waals surface area contributed by atoms with Gasteiger partial charge in [0.25, 0.3) is 0 Å². The lowest BCUT2D eigenvalue weighted by Gasteiger charge is -2.16. The van der Waals surface area contributed by atoms with Crippen molar-refractivity contribution in [3.05, 3.63) is 48.6 Å². The molecule has 0 unspecified atom stereocenters. The Morgan fingerprint density at radius 2 is 1.95 bits per heavy atom. The highest BCUT2D eigenvalue weighted by molar-refractivity contribution is 5.79. The predicted octanol–water partition coefficient (Wildman–Crippen LogP) is 2.28. The summed E-state index contributed by atoms with van der Waals surface area (Å²) in [6.45, 7) is 8.75. The molecule has 0 amide bonds. The Kier molecular flexibility index (Phi) is 7.61. The van der Waals surface area contributed by atoms with Crippen LogP contribution in [0, 0.1) is 0 Å². The fraction of sp³-hybridized carbons (Fsp3) is 0.353. The summed E-state index contributed by atoms with van der Waals surface area (Å²) in [6, 6.07) is 4.04. The van der Waals surface area contributed by atoms with E-state index in [0.717, 1.165) is 29.3 Å². The number of benzene rings is 1. The molecule has 0 radical (unpaired) electrons. The van der Waals surface area contributed by atoms with Crippen molar-refractivity contribution in [1.82, 2.24) is 10.6 Å². The molecule has 120 valence electrons. The van der Waals surface area contributed by atoms with Gasteiger partial charge in [-0.25, -0.2) is 0 Å². The third kappa shape index (κ3) is 4.84. The summed E-state index contributed by atoms with van der Waals surface area (Å²) in [5.74, 6) is 2.19. The molecule has 0 fully saturated rings. The van der Waals surface area contributed by atoms with E-state index in [0.29, 0.717) is 18.8 Å². The minimum absolute atomic E-state index is 0.626. The van der Waals surface area contributed by atoms with Crippen molar-refractivity contribution in [3.8, 4) is 11.5 Å². The number of guanidine groups is 1. The zero-order valence-electron chi connectivity index (χ0n) is 13.6. The number of hydrogen-bond acceptors (Lipinski definition) is 3. The fourth-order valence-electron chi connectivity index (χ4n) is 2.09. The average molecular weight is 303 g/mol. The van der Waals surface area contributed by atoms with E-state index < -0.39 is 0 Å². The van der Waals surface area contributed by atoms with Crippen molar-refractivity contribution in [1.29, 1.82) is 0 Å². The van der Waals surface area contributed by atoms with Crippen LogP contribution in [0.2, 0.25) is 0 Å². The van der Waals surface area contributed by atoms with Gasteiger partial charge in [-0.15, -0.1) is 13.2 Å². The molecule has 0 atom stereocenters. The fourth-order valence-corrected chi connectivity index (χ4v) is 2.09. The number of nitrogens with one attached hydrogen (secondary N) is 2. The first-order valence-electron chi connectivity index (χ1n) is 7.10. The summed E-state index contributed by atoms with van der Waals surface area (Å²) >= 11 is 0. The molecule has 1 aromatic carbocycles. The van der Waals surface area contributed by atoms with E-state index >= 15 is 0 Å². The van der Waals surface area contributed by atoms with Gasteiger partial charge in [-0.05, 0) is 24.1 Å². The van der Waals surface area contributed by atoms with Gasteiger partial charge in [-0.2, -0.15) is 0 Å². The molecule has 1 aromatic rings. The van der Waals surface area contributed by atoms with Gasteiger partial charge in [0.1, 0.15) is 0 Å². The van der Waals surface area contributed by atoms with Crippen molar-refractivity contribution in [3.63, 3.8) is 0 Å². The van der Waals surface area contributed by atoms with Crippen molar-refractivity contribution < 1.29 is 9.47 Å². The van der Waals surface area contributed by atoms with Crippen molar-refractivity contribution in [2.45, 2.75) is 13.0 Å². The first-order valence-corrected chi connectivity index (χ1v) is 7.10. The molecule has 0 spiro atoms. The van der Waals surface area contributed by atoms with Gasteiger partial charge in [0.05, 0.1) is 14.2 Å². The highest BCUT2D eigenvalue weighted by atomic mass is 16.5. The molecule has 0 saturated carbocycles. The summed E-state index contributed by atoms with van der Waals surface area (Å²) in [6.07, 6.45) is 4.35. The quantitative estimate of drug-likeness (QED) is 0.439. The normalized spacial score (nSPS) is 10.8.